The first-order chi connectivity index (χ1) is 9.10. The Kier molecular flexibility index (Phi) is 6.73. The zero-order chi connectivity index (χ0) is 14.3. The van der Waals surface area contributed by atoms with E-state index in [0.717, 1.165) is 13.0 Å². The summed E-state index contributed by atoms with van der Waals surface area (Å²) in [5.41, 5.74) is 0.641. The van der Waals surface area contributed by atoms with E-state index in [0.29, 0.717) is 25.3 Å². The van der Waals surface area contributed by atoms with Crippen molar-refractivity contribution in [3.05, 3.63) is 29.3 Å². The molecule has 19 heavy (non-hydrogen) atoms. The van der Waals surface area contributed by atoms with E-state index in [4.69, 9.17) is 4.74 Å². The summed E-state index contributed by atoms with van der Waals surface area (Å²) in [4.78, 5) is 1.58. The predicted molar refractivity (Wildman–Crippen MR) is 73.5 cm³/mol. The molecule has 0 aliphatic carbocycles. The van der Waals surface area contributed by atoms with Gasteiger partial charge in [-0.05, 0) is 30.7 Å². The molecule has 0 atom stereocenters. The number of methoxy groups -OCH3 is 1. The molecule has 0 aliphatic heterocycles. The average Bonchev–Trinajstić information content (AvgIpc) is 2.36. The normalized spacial score (nSPS) is 10.8. The van der Waals surface area contributed by atoms with Crippen LogP contribution in [0.1, 0.15) is 18.9 Å². The van der Waals surface area contributed by atoms with E-state index in [2.05, 4.69) is 5.32 Å². The molecule has 0 heterocycles. The molecule has 0 saturated heterocycles. The fourth-order valence-corrected chi connectivity index (χ4v) is 1.91. The molecule has 0 fully saturated rings. The molecule has 1 aromatic carbocycles. The molecule has 0 spiro atoms. The van der Waals surface area contributed by atoms with Gasteiger partial charge in [0.15, 0.2) is 0 Å². The monoisotopic (exact) mass is 272 g/mol. The number of nitrogens with one attached hydrogen (secondary N) is 1. The average molecular weight is 272 g/mol. The highest BCUT2D eigenvalue weighted by Gasteiger charge is 2.14. The Balaban J connectivity index is 2.78. The van der Waals surface area contributed by atoms with Crippen molar-refractivity contribution in [2.45, 2.75) is 19.9 Å². The number of anilines is 1. The van der Waals surface area contributed by atoms with Gasteiger partial charge < -0.3 is 15.0 Å². The fraction of sp³-hybridized carbons (Fsp3) is 0.571. The number of rotatable bonds is 8. The minimum atomic E-state index is -0.521. The van der Waals surface area contributed by atoms with Crippen LogP contribution in [0.2, 0.25) is 0 Å². The Morgan fingerprint density at radius 3 is 2.42 bits per heavy atom. The molecule has 108 valence electrons. The summed E-state index contributed by atoms with van der Waals surface area (Å²) in [6, 6.07) is 2.77. The minimum absolute atomic E-state index is 0.0244. The van der Waals surface area contributed by atoms with Gasteiger partial charge in [0.1, 0.15) is 17.3 Å². The molecule has 0 bridgehead atoms. The second kappa shape index (κ2) is 8.07. The van der Waals surface area contributed by atoms with Crippen molar-refractivity contribution < 1.29 is 13.5 Å². The van der Waals surface area contributed by atoms with Crippen molar-refractivity contribution in [2.24, 2.45) is 0 Å². The van der Waals surface area contributed by atoms with Crippen LogP contribution in [-0.4, -0.2) is 33.9 Å². The van der Waals surface area contributed by atoms with Crippen molar-refractivity contribution in [1.29, 1.82) is 0 Å². The van der Waals surface area contributed by atoms with E-state index >= 15 is 0 Å². The van der Waals surface area contributed by atoms with Gasteiger partial charge in [0.25, 0.3) is 0 Å². The molecule has 5 heteroatoms. The lowest BCUT2D eigenvalue weighted by Crippen LogP contribution is -2.22. The Morgan fingerprint density at radius 2 is 1.89 bits per heavy atom. The zero-order valence-corrected chi connectivity index (χ0v) is 11.8. The highest BCUT2D eigenvalue weighted by atomic mass is 19.1. The molecule has 3 nitrogen and oxygen atoms in total. The molecule has 0 aliphatic rings. The maximum Gasteiger partial charge on any atom is 0.149 e. The van der Waals surface area contributed by atoms with Crippen LogP contribution in [0.3, 0.4) is 0 Å². The van der Waals surface area contributed by atoms with Crippen LogP contribution in [0.15, 0.2) is 12.1 Å². The third-order valence-corrected chi connectivity index (χ3v) is 2.88. The van der Waals surface area contributed by atoms with Crippen molar-refractivity contribution in [2.75, 3.05) is 38.8 Å². The first kappa shape index (κ1) is 15.9. The lowest BCUT2D eigenvalue weighted by molar-refractivity contribution is 0.196. The van der Waals surface area contributed by atoms with Crippen molar-refractivity contribution in [3.63, 3.8) is 0 Å². The molecule has 1 rings (SSSR count). The van der Waals surface area contributed by atoms with Gasteiger partial charge in [-0.1, -0.05) is 6.92 Å². The second-order valence-corrected chi connectivity index (χ2v) is 4.46. The molecule has 0 amide bonds. The van der Waals surface area contributed by atoms with E-state index in [1.165, 1.54) is 12.1 Å². The molecule has 1 N–H and O–H groups in total. The Bertz CT molecular complexity index is 376. The van der Waals surface area contributed by atoms with Gasteiger partial charge in [-0.2, -0.15) is 0 Å². The van der Waals surface area contributed by atoms with E-state index in [-0.39, 0.29) is 5.69 Å². The molecular weight excluding hydrogens is 250 g/mol. The Labute approximate surface area is 113 Å². The summed E-state index contributed by atoms with van der Waals surface area (Å²) in [6.07, 6.45) is 0.727. The van der Waals surface area contributed by atoms with Gasteiger partial charge in [-0.3, -0.25) is 0 Å². The topological polar surface area (TPSA) is 24.5 Å². The van der Waals surface area contributed by atoms with Gasteiger partial charge in [0.05, 0.1) is 0 Å². The SMILES string of the molecule is CCNCc1cc(F)c(N(C)CCCOC)c(F)c1. The van der Waals surface area contributed by atoms with Crippen LogP contribution >= 0.6 is 0 Å². The number of hydrogen-bond acceptors (Lipinski definition) is 3. The van der Waals surface area contributed by atoms with Crippen LogP contribution in [0.5, 0.6) is 0 Å². The molecule has 0 aromatic heterocycles. The minimum Gasteiger partial charge on any atom is -0.385 e. The van der Waals surface area contributed by atoms with Crippen LogP contribution < -0.4 is 10.2 Å². The third kappa shape index (κ3) is 4.76. The highest BCUT2D eigenvalue weighted by Crippen LogP contribution is 2.24. The first-order valence-electron chi connectivity index (χ1n) is 6.48. The van der Waals surface area contributed by atoms with Crippen LogP contribution in [0.25, 0.3) is 0 Å². The van der Waals surface area contributed by atoms with Crippen LogP contribution in [0, 0.1) is 11.6 Å². The molecule has 1 aromatic rings. The zero-order valence-electron chi connectivity index (χ0n) is 11.8. The maximum atomic E-state index is 14.0. The lowest BCUT2D eigenvalue weighted by atomic mass is 10.1. The number of ether oxygens (including phenoxy) is 1. The predicted octanol–water partition coefficient (Wildman–Crippen LogP) is 2.55. The van der Waals surface area contributed by atoms with Gasteiger partial charge in [0, 0.05) is 33.9 Å². The summed E-state index contributed by atoms with van der Waals surface area (Å²) in [5.74, 6) is -1.04. The first-order valence-corrected chi connectivity index (χ1v) is 6.48. The van der Waals surface area contributed by atoms with Crippen LogP contribution in [-0.2, 0) is 11.3 Å². The summed E-state index contributed by atoms with van der Waals surface area (Å²) in [7, 11) is 3.29. The molecule has 0 radical (unpaired) electrons. The van der Waals surface area contributed by atoms with Gasteiger partial charge >= 0.3 is 0 Å². The van der Waals surface area contributed by atoms with Crippen molar-refractivity contribution in [3.8, 4) is 0 Å². The molecule has 0 saturated carbocycles. The number of halogens is 2. The van der Waals surface area contributed by atoms with E-state index < -0.39 is 11.6 Å². The second-order valence-electron chi connectivity index (χ2n) is 4.46. The Morgan fingerprint density at radius 1 is 1.26 bits per heavy atom. The number of nitrogens with zero attached hydrogens (tertiary/aromatic N) is 1. The quantitative estimate of drug-likeness (QED) is 0.736. The van der Waals surface area contributed by atoms with Crippen LogP contribution in [0.4, 0.5) is 14.5 Å². The van der Waals surface area contributed by atoms with E-state index in [9.17, 15) is 8.78 Å². The van der Waals surface area contributed by atoms with Gasteiger partial charge in [0.2, 0.25) is 0 Å². The summed E-state index contributed by atoms with van der Waals surface area (Å²) in [6.45, 7) is 4.31. The number of benzene rings is 1. The van der Waals surface area contributed by atoms with E-state index in [1.54, 1.807) is 19.1 Å². The fourth-order valence-electron chi connectivity index (χ4n) is 1.91. The maximum absolute atomic E-state index is 14.0. The van der Waals surface area contributed by atoms with Crippen molar-refractivity contribution >= 4 is 5.69 Å². The number of hydrogen-bond donors (Lipinski definition) is 1. The highest BCUT2D eigenvalue weighted by molar-refractivity contribution is 5.50. The standard InChI is InChI=1S/C14H22F2N2O/c1-4-17-10-11-8-12(15)14(13(16)9-11)18(2)6-5-7-19-3/h8-9,17H,4-7,10H2,1-3H3. The summed E-state index contributed by atoms with van der Waals surface area (Å²) >= 11 is 0. The van der Waals surface area contributed by atoms with Crippen molar-refractivity contribution in [1.82, 2.24) is 5.32 Å². The summed E-state index contributed by atoms with van der Waals surface area (Å²) < 4.78 is 32.8. The smallest absolute Gasteiger partial charge is 0.149 e. The van der Waals surface area contributed by atoms with Gasteiger partial charge in [-0.15, -0.1) is 0 Å². The van der Waals surface area contributed by atoms with E-state index in [1.807, 2.05) is 6.92 Å². The summed E-state index contributed by atoms with van der Waals surface area (Å²) in [5, 5.41) is 3.05. The third-order valence-electron chi connectivity index (χ3n) is 2.88. The van der Waals surface area contributed by atoms with Gasteiger partial charge in [-0.25, -0.2) is 8.78 Å². The Hall–Kier alpha value is -1.20. The molecule has 0 unspecified atom stereocenters. The largest absolute Gasteiger partial charge is 0.385 e. The molecular formula is C14H22F2N2O. The lowest BCUT2D eigenvalue weighted by Gasteiger charge is -2.21.